The van der Waals surface area contributed by atoms with Gasteiger partial charge in [-0.2, -0.15) is 0 Å². The zero-order chi connectivity index (χ0) is 12.7. The largest absolute Gasteiger partial charge is 0.306 e. The van der Waals surface area contributed by atoms with E-state index in [0.717, 1.165) is 28.3 Å². The Balaban J connectivity index is 1.77. The zero-order valence-electron chi connectivity index (χ0n) is 10.8. The van der Waals surface area contributed by atoms with Gasteiger partial charge in [0, 0.05) is 29.5 Å². The van der Waals surface area contributed by atoms with Crippen LogP contribution in [0.1, 0.15) is 25.5 Å². The molecule has 2 heterocycles. The molecule has 1 atom stereocenters. The van der Waals surface area contributed by atoms with E-state index in [-0.39, 0.29) is 0 Å². The Kier molecular flexibility index (Phi) is 3.16. The van der Waals surface area contributed by atoms with Gasteiger partial charge in [-0.25, -0.2) is 4.98 Å². The Hall–Kier alpha value is -0.870. The quantitative estimate of drug-likeness (QED) is 0.863. The highest BCUT2D eigenvalue weighted by molar-refractivity contribution is 9.10. The average Bonchev–Trinajstić information content (AvgIpc) is 3.10. The van der Waals surface area contributed by atoms with Crippen molar-refractivity contribution in [1.82, 2.24) is 14.3 Å². The molecule has 0 spiro atoms. The van der Waals surface area contributed by atoms with Crippen LogP contribution >= 0.6 is 15.9 Å². The highest BCUT2D eigenvalue weighted by atomic mass is 79.9. The summed E-state index contributed by atoms with van der Waals surface area (Å²) in [6.07, 6.45) is 6.96. The third-order valence-corrected chi connectivity index (χ3v) is 4.34. The Morgan fingerprint density at radius 3 is 2.94 bits per heavy atom. The van der Waals surface area contributed by atoms with Crippen LogP contribution in [0.15, 0.2) is 29.0 Å². The molecule has 3 nitrogen and oxygen atoms in total. The number of rotatable bonds is 4. The van der Waals surface area contributed by atoms with Gasteiger partial charge >= 0.3 is 0 Å². The van der Waals surface area contributed by atoms with Gasteiger partial charge in [-0.05, 0) is 60.8 Å². The summed E-state index contributed by atoms with van der Waals surface area (Å²) in [4.78, 5) is 7.07. The predicted octanol–water partition coefficient (Wildman–Crippen LogP) is 3.33. The molecular formula is C14H18BrN3. The summed E-state index contributed by atoms with van der Waals surface area (Å²) < 4.78 is 3.16. The molecule has 0 N–H and O–H groups in total. The summed E-state index contributed by atoms with van der Waals surface area (Å²) in [6, 6.07) is 4.74. The lowest BCUT2D eigenvalue weighted by atomic mass is 10.2. The molecule has 0 amide bonds. The number of hydrogen-bond donors (Lipinski definition) is 0. The van der Waals surface area contributed by atoms with Crippen molar-refractivity contribution < 1.29 is 0 Å². The Morgan fingerprint density at radius 1 is 1.44 bits per heavy atom. The van der Waals surface area contributed by atoms with Crippen LogP contribution in [-0.2, 0) is 6.54 Å². The van der Waals surface area contributed by atoms with Gasteiger partial charge in [0.15, 0.2) is 0 Å². The van der Waals surface area contributed by atoms with Crippen molar-refractivity contribution in [3.63, 3.8) is 0 Å². The van der Waals surface area contributed by atoms with E-state index in [0.29, 0.717) is 6.04 Å². The van der Waals surface area contributed by atoms with Crippen LogP contribution < -0.4 is 0 Å². The maximum atomic E-state index is 4.66. The first-order valence-corrected chi connectivity index (χ1v) is 7.26. The van der Waals surface area contributed by atoms with Gasteiger partial charge in [-0.15, -0.1) is 0 Å². The van der Waals surface area contributed by atoms with Gasteiger partial charge in [0.2, 0.25) is 0 Å². The lowest BCUT2D eigenvalue weighted by Crippen LogP contribution is -2.30. The number of hydrogen-bond acceptors (Lipinski definition) is 2. The molecule has 0 bridgehead atoms. The Morgan fingerprint density at radius 2 is 2.22 bits per heavy atom. The van der Waals surface area contributed by atoms with Crippen LogP contribution in [0.25, 0.3) is 5.65 Å². The summed E-state index contributed by atoms with van der Waals surface area (Å²) in [7, 11) is 2.20. The van der Waals surface area contributed by atoms with E-state index in [9.17, 15) is 0 Å². The highest BCUT2D eigenvalue weighted by Gasteiger charge is 2.30. The van der Waals surface area contributed by atoms with Crippen molar-refractivity contribution in [3.8, 4) is 0 Å². The highest BCUT2D eigenvalue weighted by Crippen LogP contribution is 2.35. The van der Waals surface area contributed by atoms with Gasteiger partial charge in [-0.3, -0.25) is 4.90 Å². The Bertz CT molecular complexity index is 559. The molecule has 1 unspecified atom stereocenters. The summed E-state index contributed by atoms with van der Waals surface area (Å²) in [6.45, 7) is 3.25. The molecule has 18 heavy (non-hydrogen) atoms. The molecule has 4 heteroatoms. The van der Waals surface area contributed by atoms with Crippen molar-refractivity contribution in [2.45, 2.75) is 32.4 Å². The Labute approximate surface area is 116 Å². The van der Waals surface area contributed by atoms with Crippen LogP contribution in [0.4, 0.5) is 0 Å². The van der Waals surface area contributed by atoms with Gasteiger partial charge in [-0.1, -0.05) is 0 Å². The van der Waals surface area contributed by atoms with Crippen molar-refractivity contribution in [3.05, 3.63) is 34.7 Å². The van der Waals surface area contributed by atoms with Crippen LogP contribution in [-0.4, -0.2) is 27.4 Å². The fourth-order valence-corrected chi connectivity index (χ4v) is 2.78. The second-order valence-corrected chi connectivity index (χ2v) is 6.25. The van der Waals surface area contributed by atoms with E-state index >= 15 is 0 Å². The third-order valence-electron chi connectivity index (χ3n) is 3.88. The molecule has 3 rings (SSSR count). The van der Waals surface area contributed by atoms with Crippen LogP contribution in [0.3, 0.4) is 0 Å². The van der Waals surface area contributed by atoms with Crippen molar-refractivity contribution in [1.29, 1.82) is 0 Å². The summed E-state index contributed by atoms with van der Waals surface area (Å²) in [5.41, 5.74) is 2.16. The first-order valence-electron chi connectivity index (χ1n) is 6.47. The summed E-state index contributed by atoms with van der Waals surface area (Å²) in [5, 5.41) is 0. The van der Waals surface area contributed by atoms with E-state index in [4.69, 9.17) is 0 Å². The van der Waals surface area contributed by atoms with E-state index in [2.05, 4.69) is 56.6 Å². The molecule has 0 aromatic carbocycles. The monoisotopic (exact) mass is 307 g/mol. The van der Waals surface area contributed by atoms with Crippen LogP contribution in [0.2, 0.25) is 0 Å². The molecule has 1 fully saturated rings. The van der Waals surface area contributed by atoms with Gasteiger partial charge in [0.25, 0.3) is 0 Å². The average molecular weight is 308 g/mol. The molecular weight excluding hydrogens is 290 g/mol. The summed E-state index contributed by atoms with van der Waals surface area (Å²) in [5.74, 6) is 0.904. The van der Waals surface area contributed by atoms with Crippen molar-refractivity contribution in [2.75, 3.05) is 7.05 Å². The topological polar surface area (TPSA) is 20.5 Å². The van der Waals surface area contributed by atoms with Gasteiger partial charge in [0.1, 0.15) is 5.65 Å². The minimum absolute atomic E-state index is 0.668. The first-order chi connectivity index (χ1) is 8.63. The molecule has 1 aliphatic carbocycles. The van der Waals surface area contributed by atoms with Crippen molar-refractivity contribution >= 4 is 21.6 Å². The number of imidazole rings is 1. The minimum atomic E-state index is 0.668. The number of nitrogens with zero attached hydrogens (tertiary/aromatic N) is 3. The number of fused-ring (bicyclic) bond motifs is 1. The molecule has 2 aromatic rings. The lowest BCUT2D eigenvalue weighted by molar-refractivity contribution is 0.224. The molecule has 1 aliphatic rings. The van der Waals surface area contributed by atoms with Crippen molar-refractivity contribution in [2.24, 2.45) is 5.92 Å². The number of pyridine rings is 1. The second-order valence-electron chi connectivity index (χ2n) is 5.34. The molecule has 0 saturated heterocycles. The maximum absolute atomic E-state index is 4.66. The molecule has 0 radical (unpaired) electrons. The first kappa shape index (κ1) is 12.2. The predicted molar refractivity (Wildman–Crippen MR) is 76.5 cm³/mol. The van der Waals surface area contributed by atoms with E-state index in [1.165, 1.54) is 12.8 Å². The fourth-order valence-electron chi connectivity index (χ4n) is 2.43. The molecule has 96 valence electrons. The second kappa shape index (κ2) is 4.67. The molecule has 0 aliphatic heterocycles. The normalized spacial score (nSPS) is 17.6. The zero-order valence-corrected chi connectivity index (χ0v) is 12.4. The van der Waals surface area contributed by atoms with E-state index in [1.54, 1.807) is 0 Å². The minimum Gasteiger partial charge on any atom is -0.306 e. The van der Waals surface area contributed by atoms with E-state index in [1.807, 2.05) is 12.1 Å². The maximum Gasteiger partial charge on any atom is 0.137 e. The summed E-state index contributed by atoms with van der Waals surface area (Å²) >= 11 is 3.48. The molecule has 1 saturated carbocycles. The fraction of sp³-hybridized carbons (Fsp3) is 0.500. The number of halogens is 1. The van der Waals surface area contributed by atoms with Gasteiger partial charge < -0.3 is 4.40 Å². The lowest BCUT2D eigenvalue weighted by Gasteiger charge is -2.23. The van der Waals surface area contributed by atoms with Crippen LogP contribution in [0.5, 0.6) is 0 Å². The third kappa shape index (κ3) is 2.45. The van der Waals surface area contributed by atoms with E-state index < -0.39 is 0 Å². The smallest absolute Gasteiger partial charge is 0.137 e. The van der Waals surface area contributed by atoms with Gasteiger partial charge in [0.05, 0.1) is 5.69 Å². The van der Waals surface area contributed by atoms with Crippen LogP contribution in [0, 0.1) is 5.92 Å². The number of aromatic nitrogens is 2. The molecule has 2 aromatic heterocycles. The SMILES string of the molecule is CC(C1CC1)N(C)Cc1cn2cc(Br)ccc2n1. The standard InChI is InChI=1S/C14H18BrN3/c1-10(11-3-4-11)17(2)8-13-9-18-7-12(15)5-6-14(18)16-13/h5-7,9-11H,3-4,8H2,1-2H3.